The maximum atomic E-state index is 13.3. The van der Waals surface area contributed by atoms with Crippen LogP contribution in [-0.2, 0) is 11.3 Å². The van der Waals surface area contributed by atoms with E-state index in [2.05, 4.69) is 37.0 Å². The number of carbonyl (C=O) groups excluding carboxylic acids is 1. The van der Waals surface area contributed by atoms with Gasteiger partial charge in [-0.3, -0.25) is 9.48 Å². The van der Waals surface area contributed by atoms with Gasteiger partial charge in [-0.15, -0.1) is 0 Å². The van der Waals surface area contributed by atoms with Crippen molar-refractivity contribution in [3.63, 3.8) is 0 Å². The van der Waals surface area contributed by atoms with Crippen molar-refractivity contribution in [2.75, 3.05) is 13.7 Å². The van der Waals surface area contributed by atoms with E-state index in [0.717, 1.165) is 0 Å². The van der Waals surface area contributed by atoms with Crippen molar-refractivity contribution in [2.45, 2.75) is 6.54 Å². The minimum absolute atomic E-state index is 0.255. The smallest absolute Gasteiger partial charge is 0.213 e. The van der Waals surface area contributed by atoms with Crippen LogP contribution in [0.3, 0.4) is 0 Å². The summed E-state index contributed by atoms with van der Waals surface area (Å²) in [5, 5.41) is 4.11. The number of aromatic nitrogens is 2. The van der Waals surface area contributed by atoms with E-state index in [-0.39, 0.29) is 11.3 Å². The molecule has 106 valence electrons. The van der Waals surface area contributed by atoms with Gasteiger partial charge in [0, 0.05) is 17.1 Å². The van der Waals surface area contributed by atoms with E-state index in [1.807, 2.05) is 0 Å². The number of rotatable bonds is 5. The van der Waals surface area contributed by atoms with E-state index in [1.165, 1.54) is 29.1 Å². The number of hydrogen-bond acceptors (Lipinski definition) is 3. The lowest BCUT2D eigenvalue weighted by molar-refractivity contribution is 0.102. The highest BCUT2D eigenvalue weighted by atomic mass is 79.9. The highest BCUT2D eigenvalue weighted by Crippen LogP contribution is 2.25. The zero-order valence-corrected chi connectivity index (χ0v) is 13.7. The Morgan fingerprint density at radius 2 is 2.15 bits per heavy atom. The van der Waals surface area contributed by atoms with Crippen LogP contribution in [0.5, 0.6) is 0 Å². The molecular weight excluding hydrogens is 395 g/mol. The molecule has 0 saturated heterocycles. The standard InChI is InChI=1S/C13H11Br2FN2O2/c1-20-5-4-18-12(11(15)7-17-18)13(19)9-6-8(16)2-3-10(9)14/h2-3,6-7H,4-5H2,1H3. The lowest BCUT2D eigenvalue weighted by atomic mass is 10.1. The predicted octanol–water partition coefficient (Wildman–Crippen LogP) is 3.42. The fourth-order valence-electron chi connectivity index (χ4n) is 1.73. The molecule has 4 nitrogen and oxygen atoms in total. The molecule has 0 aliphatic heterocycles. The Balaban J connectivity index is 2.42. The van der Waals surface area contributed by atoms with Gasteiger partial charge < -0.3 is 4.74 Å². The number of hydrogen-bond donors (Lipinski definition) is 0. The first-order valence-corrected chi connectivity index (χ1v) is 7.33. The first kappa shape index (κ1) is 15.3. The molecular formula is C13H11Br2FN2O2. The second-order valence-electron chi connectivity index (χ2n) is 4.01. The average Bonchev–Trinajstić information content (AvgIpc) is 2.79. The van der Waals surface area contributed by atoms with E-state index in [4.69, 9.17) is 4.74 Å². The Morgan fingerprint density at radius 1 is 1.40 bits per heavy atom. The molecule has 1 aromatic heterocycles. The number of ketones is 1. The van der Waals surface area contributed by atoms with Crippen LogP contribution in [0.25, 0.3) is 0 Å². The van der Waals surface area contributed by atoms with Crippen molar-refractivity contribution in [2.24, 2.45) is 0 Å². The number of ether oxygens (including phenoxy) is 1. The summed E-state index contributed by atoms with van der Waals surface area (Å²) in [6, 6.07) is 4.00. The highest BCUT2D eigenvalue weighted by Gasteiger charge is 2.21. The van der Waals surface area contributed by atoms with E-state index in [0.29, 0.717) is 27.8 Å². The Bertz CT molecular complexity index is 643. The first-order chi connectivity index (χ1) is 9.54. The summed E-state index contributed by atoms with van der Waals surface area (Å²) in [4.78, 5) is 12.6. The van der Waals surface area contributed by atoms with E-state index < -0.39 is 5.82 Å². The molecule has 0 aliphatic rings. The third-order valence-electron chi connectivity index (χ3n) is 2.69. The molecule has 0 atom stereocenters. The Morgan fingerprint density at radius 3 is 2.85 bits per heavy atom. The summed E-state index contributed by atoms with van der Waals surface area (Å²) in [6.07, 6.45) is 1.54. The Kier molecular flexibility index (Phi) is 5.06. The molecule has 0 aliphatic carbocycles. The van der Waals surface area contributed by atoms with Crippen LogP contribution >= 0.6 is 31.9 Å². The summed E-state index contributed by atoms with van der Waals surface area (Å²) < 4.78 is 20.9. The van der Waals surface area contributed by atoms with Crippen LogP contribution < -0.4 is 0 Å². The second kappa shape index (κ2) is 6.60. The van der Waals surface area contributed by atoms with Gasteiger partial charge in [0.15, 0.2) is 0 Å². The zero-order chi connectivity index (χ0) is 14.7. The molecule has 20 heavy (non-hydrogen) atoms. The highest BCUT2D eigenvalue weighted by molar-refractivity contribution is 9.10. The molecule has 0 fully saturated rings. The number of benzene rings is 1. The van der Waals surface area contributed by atoms with E-state index >= 15 is 0 Å². The lowest BCUT2D eigenvalue weighted by Crippen LogP contribution is -2.15. The molecule has 0 unspecified atom stereocenters. The summed E-state index contributed by atoms with van der Waals surface area (Å²) in [6.45, 7) is 0.870. The van der Waals surface area contributed by atoms with Gasteiger partial charge in [0.2, 0.25) is 5.78 Å². The molecule has 0 N–H and O–H groups in total. The number of nitrogens with zero attached hydrogens (tertiary/aromatic N) is 2. The van der Waals surface area contributed by atoms with Crippen LogP contribution in [0.15, 0.2) is 33.3 Å². The van der Waals surface area contributed by atoms with Gasteiger partial charge in [0.05, 0.1) is 23.8 Å². The van der Waals surface area contributed by atoms with Crippen LogP contribution in [-0.4, -0.2) is 29.3 Å². The fraction of sp³-hybridized carbons (Fsp3) is 0.231. The summed E-state index contributed by atoms with van der Waals surface area (Å²) >= 11 is 6.56. The van der Waals surface area contributed by atoms with Crippen molar-refractivity contribution in [1.29, 1.82) is 0 Å². The van der Waals surface area contributed by atoms with Crippen LogP contribution in [0.4, 0.5) is 4.39 Å². The minimum atomic E-state index is -0.462. The normalized spacial score (nSPS) is 10.8. The molecule has 2 rings (SSSR count). The topological polar surface area (TPSA) is 44.1 Å². The predicted molar refractivity (Wildman–Crippen MR) is 79.3 cm³/mol. The van der Waals surface area contributed by atoms with Crippen molar-refractivity contribution in [3.05, 3.63) is 50.4 Å². The summed E-state index contributed by atoms with van der Waals surface area (Å²) in [7, 11) is 1.57. The van der Waals surface area contributed by atoms with Gasteiger partial charge in [-0.05, 0) is 34.1 Å². The largest absolute Gasteiger partial charge is 0.383 e. The molecule has 7 heteroatoms. The Hall–Kier alpha value is -1.05. The van der Waals surface area contributed by atoms with Crippen LogP contribution in [0, 0.1) is 5.82 Å². The van der Waals surface area contributed by atoms with Gasteiger partial charge in [0.25, 0.3) is 0 Å². The SMILES string of the molecule is COCCn1ncc(Br)c1C(=O)c1cc(F)ccc1Br. The first-order valence-electron chi connectivity index (χ1n) is 5.74. The monoisotopic (exact) mass is 404 g/mol. The van der Waals surface area contributed by atoms with Crippen LogP contribution in [0.1, 0.15) is 16.1 Å². The molecule has 1 aromatic carbocycles. The maximum Gasteiger partial charge on any atom is 0.213 e. The molecule has 0 saturated carbocycles. The van der Waals surface area contributed by atoms with Crippen molar-refractivity contribution < 1.29 is 13.9 Å². The van der Waals surface area contributed by atoms with Crippen molar-refractivity contribution >= 4 is 37.6 Å². The van der Waals surface area contributed by atoms with Gasteiger partial charge in [-0.25, -0.2) is 4.39 Å². The average molecular weight is 406 g/mol. The third-order valence-corrected chi connectivity index (χ3v) is 3.96. The van der Waals surface area contributed by atoms with E-state index in [1.54, 1.807) is 7.11 Å². The van der Waals surface area contributed by atoms with E-state index in [9.17, 15) is 9.18 Å². The fourth-order valence-corrected chi connectivity index (χ4v) is 2.64. The molecule has 2 aromatic rings. The van der Waals surface area contributed by atoms with Crippen molar-refractivity contribution in [3.8, 4) is 0 Å². The molecule has 0 bridgehead atoms. The number of halogens is 3. The van der Waals surface area contributed by atoms with Crippen molar-refractivity contribution in [1.82, 2.24) is 9.78 Å². The molecule has 0 amide bonds. The number of carbonyl (C=O) groups is 1. The minimum Gasteiger partial charge on any atom is -0.383 e. The third kappa shape index (κ3) is 3.16. The van der Waals surface area contributed by atoms with Gasteiger partial charge in [-0.2, -0.15) is 5.10 Å². The molecule has 1 heterocycles. The lowest BCUT2D eigenvalue weighted by Gasteiger charge is -2.08. The number of methoxy groups -OCH3 is 1. The summed E-state index contributed by atoms with van der Waals surface area (Å²) in [5.41, 5.74) is 0.623. The molecule has 0 spiro atoms. The zero-order valence-electron chi connectivity index (χ0n) is 10.6. The van der Waals surface area contributed by atoms with Gasteiger partial charge in [-0.1, -0.05) is 15.9 Å². The van der Waals surface area contributed by atoms with Gasteiger partial charge >= 0.3 is 0 Å². The maximum absolute atomic E-state index is 13.3. The molecule has 0 radical (unpaired) electrons. The Labute approximate surface area is 132 Å². The quantitative estimate of drug-likeness (QED) is 0.716. The summed E-state index contributed by atoms with van der Waals surface area (Å²) in [5.74, 6) is -0.771. The van der Waals surface area contributed by atoms with Gasteiger partial charge in [0.1, 0.15) is 11.5 Å². The second-order valence-corrected chi connectivity index (χ2v) is 5.72. The van der Waals surface area contributed by atoms with Crippen LogP contribution in [0.2, 0.25) is 0 Å².